The zero-order chi connectivity index (χ0) is 13.4. The quantitative estimate of drug-likeness (QED) is 0.875. The van der Waals surface area contributed by atoms with Gasteiger partial charge in [-0.15, -0.1) is 0 Å². The first-order chi connectivity index (χ1) is 8.40. The van der Waals surface area contributed by atoms with Crippen LogP contribution in [0.4, 0.5) is 4.39 Å². The smallest absolute Gasteiger partial charge is 0.178 e. The van der Waals surface area contributed by atoms with E-state index in [9.17, 15) is 4.39 Å². The molecular formula is C12H15ClFN3S. The van der Waals surface area contributed by atoms with Gasteiger partial charge in [-0.2, -0.15) is 0 Å². The molecule has 0 aliphatic carbocycles. The second kappa shape index (κ2) is 4.99. The molecule has 0 spiro atoms. The third-order valence-electron chi connectivity index (χ3n) is 3.14. The molecule has 1 N–H and O–H groups in total. The number of fused-ring (bicyclic) bond motifs is 1. The van der Waals surface area contributed by atoms with Crippen LogP contribution in [0, 0.1) is 10.6 Å². The number of aromatic nitrogens is 2. The predicted octanol–water partition coefficient (Wildman–Crippen LogP) is 3.44. The Morgan fingerprint density at radius 1 is 1.50 bits per heavy atom. The Labute approximate surface area is 115 Å². The average molecular weight is 288 g/mol. The molecule has 1 heterocycles. The molecule has 6 heteroatoms. The van der Waals surface area contributed by atoms with E-state index in [1.54, 1.807) is 6.07 Å². The maximum absolute atomic E-state index is 13.5. The topological polar surface area (TPSA) is 24.0 Å². The van der Waals surface area contributed by atoms with Gasteiger partial charge < -0.3 is 14.5 Å². The van der Waals surface area contributed by atoms with Gasteiger partial charge in [0.1, 0.15) is 5.82 Å². The summed E-state index contributed by atoms with van der Waals surface area (Å²) >= 11 is 11.0. The van der Waals surface area contributed by atoms with Crippen molar-refractivity contribution < 1.29 is 4.39 Å². The third kappa shape index (κ3) is 2.43. The van der Waals surface area contributed by atoms with Crippen LogP contribution >= 0.6 is 23.8 Å². The number of hydrogen-bond acceptors (Lipinski definition) is 2. The average Bonchev–Trinajstić information content (AvgIpc) is 2.56. The largest absolute Gasteiger partial charge is 0.331 e. The summed E-state index contributed by atoms with van der Waals surface area (Å²) in [4.78, 5) is 5.14. The van der Waals surface area contributed by atoms with E-state index >= 15 is 0 Å². The molecule has 0 fully saturated rings. The van der Waals surface area contributed by atoms with E-state index in [2.05, 4.69) is 16.8 Å². The fraction of sp³-hybridized carbons (Fsp3) is 0.417. The summed E-state index contributed by atoms with van der Waals surface area (Å²) in [6.45, 7) is 2.79. The van der Waals surface area contributed by atoms with Crippen molar-refractivity contribution in [3.63, 3.8) is 0 Å². The molecule has 0 aliphatic heterocycles. The summed E-state index contributed by atoms with van der Waals surface area (Å²) in [5.41, 5.74) is 1.51. The molecule has 1 aromatic heterocycles. The summed E-state index contributed by atoms with van der Waals surface area (Å²) in [5.74, 6) is -0.426. The van der Waals surface area contributed by atoms with Crippen molar-refractivity contribution in [3.05, 3.63) is 27.7 Å². The maximum atomic E-state index is 13.5. The van der Waals surface area contributed by atoms with Crippen molar-refractivity contribution in [2.45, 2.75) is 19.5 Å². The first kappa shape index (κ1) is 13.5. The van der Waals surface area contributed by atoms with Crippen LogP contribution in [0.1, 0.15) is 6.92 Å². The van der Waals surface area contributed by atoms with Crippen LogP contribution in [0.2, 0.25) is 5.02 Å². The number of nitrogens with one attached hydrogen (secondary N) is 1. The Balaban J connectivity index is 2.53. The first-order valence-corrected chi connectivity index (χ1v) is 6.42. The molecule has 0 aliphatic rings. The fourth-order valence-electron chi connectivity index (χ4n) is 1.76. The van der Waals surface area contributed by atoms with E-state index in [-0.39, 0.29) is 5.02 Å². The van der Waals surface area contributed by atoms with Gasteiger partial charge in [0.2, 0.25) is 0 Å². The number of halogens is 2. The molecule has 0 saturated heterocycles. The monoisotopic (exact) mass is 287 g/mol. The Hall–Kier alpha value is -0.910. The van der Waals surface area contributed by atoms with E-state index in [0.717, 1.165) is 11.0 Å². The van der Waals surface area contributed by atoms with Crippen LogP contribution in [0.25, 0.3) is 11.0 Å². The van der Waals surface area contributed by atoms with E-state index in [1.165, 1.54) is 6.07 Å². The third-order valence-corrected chi connectivity index (χ3v) is 3.76. The van der Waals surface area contributed by atoms with Crippen LogP contribution < -0.4 is 0 Å². The molecule has 18 heavy (non-hydrogen) atoms. The van der Waals surface area contributed by atoms with E-state index in [1.807, 2.05) is 18.7 Å². The lowest BCUT2D eigenvalue weighted by atomic mass is 10.2. The van der Waals surface area contributed by atoms with Crippen molar-refractivity contribution >= 4 is 34.9 Å². The number of likely N-dealkylation sites (N-methyl/N-ethyl adjacent to an activating group) is 1. The van der Waals surface area contributed by atoms with Crippen molar-refractivity contribution in [1.29, 1.82) is 0 Å². The molecule has 2 aromatic rings. The molecule has 0 radical (unpaired) electrons. The fourth-order valence-corrected chi connectivity index (χ4v) is 2.21. The van der Waals surface area contributed by atoms with Crippen LogP contribution in [0.5, 0.6) is 0 Å². The predicted molar refractivity (Wildman–Crippen MR) is 75.2 cm³/mol. The van der Waals surface area contributed by atoms with Gasteiger partial charge in [-0.1, -0.05) is 11.6 Å². The molecule has 2 rings (SSSR count). The highest BCUT2D eigenvalue weighted by Crippen LogP contribution is 2.23. The number of nitrogens with zero attached hydrogens (tertiary/aromatic N) is 2. The number of imidazole rings is 1. The van der Waals surface area contributed by atoms with E-state index in [0.29, 0.717) is 17.4 Å². The van der Waals surface area contributed by atoms with Gasteiger partial charge in [0.15, 0.2) is 4.77 Å². The number of hydrogen-bond donors (Lipinski definition) is 1. The summed E-state index contributed by atoms with van der Waals surface area (Å²) in [6, 6.07) is 3.29. The minimum absolute atomic E-state index is 0.103. The second-order valence-corrected chi connectivity index (χ2v) is 5.43. The summed E-state index contributed by atoms with van der Waals surface area (Å²) in [6.07, 6.45) is 0. The van der Waals surface area contributed by atoms with Crippen molar-refractivity contribution in [2.24, 2.45) is 0 Å². The van der Waals surface area contributed by atoms with Gasteiger partial charge in [-0.3, -0.25) is 0 Å². The van der Waals surface area contributed by atoms with Gasteiger partial charge >= 0.3 is 0 Å². The Morgan fingerprint density at radius 3 is 2.78 bits per heavy atom. The minimum Gasteiger partial charge on any atom is -0.331 e. The van der Waals surface area contributed by atoms with Crippen molar-refractivity contribution in [2.75, 3.05) is 14.1 Å². The maximum Gasteiger partial charge on any atom is 0.178 e. The van der Waals surface area contributed by atoms with Gasteiger partial charge in [0.05, 0.1) is 16.1 Å². The van der Waals surface area contributed by atoms with Crippen LogP contribution in [0.15, 0.2) is 12.1 Å². The number of aromatic amines is 1. The molecule has 1 atom stereocenters. The molecule has 1 unspecified atom stereocenters. The second-order valence-electron chi connectivity index (χ2n) is 4.64. The lowest BCUT2D eigenvalue weighted by Crippen LogP contribution is -2.29. The summed E-state index contributed by atoms with van der Waals surface area (Å²) < 4.78 is 16.0. The zero-order valence-corrected chi connectivity index (χ0v) is 12.1. The Bertz CT molecular complexity index is 632. The molecular weight excluding hydrogens is 273 g/mol. The van der Waals surface area contributed by atoms with E-state index in [4.69, 9.17) is 23.8 Å². The first-order valence-electron chi connectivity index (χ1n) is 5.64. The van der Waals surface area contributed by atoms with Crippen LogP contribution in [-0.4, -0.2) is 34.6 Å². The molecule has 0 bridgehead atoms. The van der Waals surface area contributed by atoms with Gasteiger partial charge in [-0.05, 0) is 39.3 Å². The number of rotatable bonds is 3. The van der Waals surface area contributed by atoms with Gasteiger partial charge in [0, 0.05) is 18.7 Å². The van der Waals surface area contributed by atoms with Gasteiger partial charge in [-0.25, -0.2) is 4.39 Å². The highest BCUT2D eigenvalue weighted by Gasteiger charge is 2.12. The SMILES string of the molecule is CC(Cn1c(=S)[nH]c2cc(Cl)c(F)cc21)N(C)C. The molecule has 98 valence electrons. The lowest BCUT2D eigenvalue weighted by molar-refractivity contribution is 0.285. The lowest BCUT2D eigenvalue weighted by Gasteiger charge is -2.20. The minimum atomic E-state index is -0.426. The summed E-state index contributed by atoms with van der Waals surface area (Å²) in [7, 11) is 4.00. The Morgan fingerprint density at radius 2 is 2.17 bits per heavy atom. The molecule has 1 aromatic carbocycles. The van der Waals surface area contributed by atoms with Gasteiger partial charge in [0.25, 0.3) is 0 Å². The Kier molecular flexibility index (Phi) is 3.75. The van der Waals surface area contributed by atoms with Crippen molar-refractivity contribution in [1.82, 2.24) is 14.5 Å². The number of benzene rings is 1. The molecule has 0 amide bonds. The molecule has 3 nitrogen and oxygen atoms in total. The summed E-state index contributed by atoms with van der Waals surface area (Å²) in [5, 5.41) is 0.103. The molecule has 0 saturated carbocycles. The van der Waals surface area contributed by atoms with Crippen LogP contribution in [0.3, 0.4) is 0 Å². The highest BCUT2D eigenvalue weighted by atomic mass is 35.5. The van der Waals surface area contributed by atoms with Crippen LogP contribution in [-0.2, 0) is 6.54 Å². The van der Waals surface area contributed by atoms with Crippen molar-refractivity contribution in [3.8, 4) is 0 Å². The normalized spacial score (nSPS) is 13.4. The zero-order valence-electron chi connectivity index (χ0n) is 10.5. The highest BCUT2D eigenvalue weighted by molar-refractivity contribution is 7.71. The standard InChI is InChI=1S/C12H15ClFN3S/c1-7(16(2)3)6-17-11-5-9(14)8(13)4-10(11)15-12(17)18/h4-5,7H,6H2,1-3H3,(H,15,18). The van der Waals surface area contributed by atoms with E-state index < -0.39 is 5.82 Å². The number of H-pyrrole nitrogens is 1.